The van der Waals surface area contributed by atoms with E-state index in [0.29, 0.717) is 22.0 Å². The van der Waals surface area contributed by atoms with E-state index in [-0.39, 0.29) is 5.57 Å². The lowest BCUT2D eigenvalue weighted by Gasteiger charge is -2.06. The number of methoxy groups -OCH3 is 1. The van der Waals surface area contributed by atoms with E-state index < -0.39 is 5.91 Å². The number of hydrogen-bond donors (Lipinski definition) is 1. The average Bonchev–Trinajstić information content (AvgIpc) is 2.54. The Kier molecular flexibility index (Phi) is 5.80. The Morgan fingerprint density at radius 3 is 2.57 bits per heavy atom. The number of nitriles is 1. The molecule has 2 aromatic rings. The van der Waals surface area contributed by atoms with Gasteiger partial charge in [-0.15, -0.1) is 0 Å². The molecule has 1 N–H and O–H groups in total. The van der Waals surface area contributed by atoms with Crippen LogP contribution in [0, 0.1) is 11.3 Å². The van der Waals surface area contributed by atoms with Gasteiger partial charge in [0.1, 0.15) is 17.4 Å². The van der Waals surface area contributed by atoms with Gasteiger partial charge in [-0.05, 0) is 48.0 Å². The first kappa shape index (κ1) is 17.1. The Morgan fingerprint density at radius 1 is 1.30 bits per heavy atom. The van der Waals surface area contributed by atoms with Crippen molar-refractivity contribution in [3.8, 4) is 11.8 Å². The van der Waals surface area contributed by atoms with Crippen LogP contribution >= 0.6 is 27.5 Å². The summed E-state index contributed by atoms with van der Waals surface area (Å²) < 4.78 is 5.97. The number of ether oxygens (including phenoxy) is 1. The molecule has 0 spiro atoms. The van der Waals surface area contributed by atoms with Crippen LogP contribution in [0.5, 0.6) is 5.75 Å². The summed E-state index contributed by atoms with van der Waals surface area (Å²) in [7, 11) is 1.52. The Balaban J connectivity index is 2.21. The van der Waals surface area contributed by atoms with Crippen molar-refractivity contribution in [1.82, 2.24) is 0 Å². The first-order valence-electron chi connectivity index (χ1n) is 6.55. The van der Waals surface area contributed by atoms with E-state index >= 15 is 0 Å². The van der Waals surface area contributed by atoms with Crippen molar-refractivity contribution < 1.29 is 9.53 Å². The number of nitrogens with zero attached hydrogens (tertiary/aromatic N) is 1. The molecule has 0 atom stereocenters. The van der Waals surface area contributed by atoms with Gasteiger partial charge in [0.25, 0.3) is 5.91 Å². The van der Waals surface area contributed by atoms with Crippen molar-refractivity contribution in [2.45, 2.75) is 0 Å². The molecule has 4 nitrogen and oxygen atoms in total. The van der Waals surface area contributed by atoms with E-state index in [2.05, 4.69) is 21.2 Å². The number of benzene rings is 2. The zero-order valence-corrected chi connectivity index (χ0v) is 14.5. The summed E-state index contributed by atoms with van der Waals surface area (Å²) in [5.74, 6) is 0.0448. The van der Waals surface area contributed by atoms with Crippen LogP contribution in [0.3, 0.4) is 0 Å². The fourth-order valence-electron chi connectivity index (χ4n) is 1.82. The molecule has 1 amide bonds. The monoisotopic (exact) mass is 390 g/mol. The zero-order valence-electron chi connectivity index (χ0n) is 12.1. The molecular formula is C17H12BrClN2O2. The van der Waals surface area contributed by atoms with Gasteiger partial charge in [0.15, 0.2) is 0 Å². The predicted octanol–water partition coefficient (Wildman–Crippen LogP) is 4.66. The van der Waals surface area contributed by atoms with Crippen molar-refractivity contribution in [3.63, 3.8) is 0 Å². The van der Waals surface area contributed by atoms with Crippen molar-refractivity contribution in [2.75, 3.05) is 12.4 Å². The molecule has 0 bridgehead atoms. The number of anilines is 1. The maximum absolute atomic E-state index is 12.2. The van der Waals surface area contributed by atoms with E-state index in [1.807, 2.05) is 6.07 Å². The average molecular weight is 392 g/mol. The summed E-state index contributed by atoms with van der Waals surface area (Å²) in [5, 5.41) is 12.3. The second kappa shape index (κ2) is 7.82. The number of carbonyl (C=O) groups excluding carboxylic acids is 1. The fourth-order valence-corrected chi connectivity index (χ4v) is 2.35. The Labute approximate surface area is 147 Å². The largest absolute Gasteiger partial charge is 0.495 e. The van der Waals surface area contributed by atoms with Crippen LogP contribution < -0.4 is 10.1 Å². The molecule has 0 aromatic heterocycles. The minimum atomic E-state index is -0.484. The third-order valence-electron chi connectivity index (χ3n) is 2.95. The topological polar surface area (TPSA) is 62.1 Å². The molecule has 0 aliphatic rings. The third-order valence-corrected chi connectivity index (χ3v) is 3.78. The summed E-state index contributed by atoms with van der Waals surface area (Å²) in [4.78, 5) is 12.2. The first-order chi connectivity index (χ1) is 11.0. The van der Waals surface area contributed by atoms with Crippen LogP contribution in [0.1, 0.15) is 5.56 Å². The number of halogens is 2. The standard InChI is InChI=1S/C17H12BrClN2O2/c1-23-16-7-2-11(9-15(16)19)8-12(10-20)17(22)21-14-5-3-13(18)4-6-14/h2-9H,1H3,(H,21,22)/b12-8+. The van der Waals surface area contributed by atoms with Crippen molar-refractivity contribution in [2.24, 2.45) is 0 Å². The van der Waals surface area contributed by atoms with Gasteiger partial charge in [-0.2, -0.15) is 5.26 Å². The number of amides is 1. The van der Waals surface area contributed by atoms with Gasteiger partial charge < -0.3 is 10.1 Å². The number of nitrogens with one attached hydrogen (secondary N) is 1. The lowest BCUT2D eigenvalue weighted by Crippen LogP contribution is -2.13. The molecule has 2 aromatic carbocycles. The highest BCUT2D eigenvalue weighted by Crippen LogP contribution is 2.26. The number of hydrogen-bond acceptors (Lipinski definition) is 3. The maximum Gasteiger partial charge on any atom is 0.266 e. The van der Waals surface area contributed by atoms with Crippen LogP contribution in [0.25, 0.3) is 6.08 Å². The molecule has 0 saturated carbocycles. The van der Waals surface area contributed by atoms with E-state index in [9.17, 15) is 10.1 Å². The summed E-state index contributed by atoms with van der Waals surface area (Å²) in [6, 6.07) is 14.0. The molecule has 6 heteroatoms. The Morgan fingerprint density at radius 2 is 2.00 bits per heavy atom. The summed E-state index contributed by atoms with van der Waals surface area (Å²) in [6.07, 6.45) is 1.47. The summed E-state index contributed by atoms with van der Waals surface area (Å²) >= 11 is 9.36. The SMILES string of the molecule is COc1ccc(/C=C(\C#N)C(=O)Nc2ccc(Br)cc2)cc1Cl. The van der Waals surface area contributed by atoms with Crippen molar-refractivity contribution in [1.29, 1.82) is 5.26 Å². The zero-order chi connectivity index (χ0) is 16.8. The maximum atomic E-state index is 12.2. The predicted molar refractivity (Wildman–Crippen MR) is 94.4 cm³/mol. The first-order valence-corrected chi connectivity index (χ1v) is 7.73. The minimum Gasteiger partial charge on any atom is -0.495 e. The van der Waals surface area contributed by atoms with Gasteiger partial charge >= 0.3 is 0 Å². The van der Waals surface area contributed by atoms with Crippen LogP contribution in [0.15, 0.2) is 52.5 Å². The highest BCUT2D eigenvalue weighted by Gasteiger charge is 2.10. The molecule has 116 valence electrons. The Hall–Kier alpha value is -2.29. The number of carbonyl (C=O) groups is 1. The minimum absolute atomic E-state index is 0.0193. The van der Waals surface area contributed by atoms with Crippen LogP contribution in [0.4, 0.5) is 5.69 Å². The van der Waals surface area contributed by atoms with Crippen LogP contribution in [0.2, 0.25) is 5.02 Å². The highest BCUT2D eigenvalue weighted by atomic mass is 79.9. The molecule has 0 unspecified atom stereocenters. The molecule has 0 saturated heterocycles. The van der Waals surface area contributed by atoms with Crippen LogP contribution in [-0.2, 0) is 4.79 Å². The molecule has 0 radical (unpaired) electrons. The third kappa shape index (κ3) is 4.59. The second-order valence-corrected chi connectivity index (χ2v) is 5.85. The molecule has 0 heterocycles. The molecule has 23 heavy (non-hydrogen) atoms. The lowest BCUT2D eigenvalue weighted by atomic mass is 10.1. The van der Waals surface area contributed by atoms with Gasteiger partial charge in [0.2, 0.25) is 0 Å². The summed E-state index contributed by atoms with van der Waals surface area (Å²) in [5.41, 5.74) is 1.22. The van der Waals surface area contributed by atoms with E-state index in [4.69, 9.17) is 16.3 Å². The van der Waals surface area contributed by atoms with Gasteiger partial charge in [0.05, 0.1) is 12.1 Å². The van der Waals surface area contributed by atoms with Gasteiger partial charge in [-0.25, -0.2) is 0 Å². The quantitative estimate of drug-likeness (QED) is 0.609. The van der Waals surface area contributed by atoms with Gasteiger partial charge in [-0.1, -0.05) is 33.6 Å². The highest BCUT2D eigenvalue weighted by molar-refractivity contribution is 9.10. The van der Waals surface area contributed by atoms with E-state index in [0.717, 1.165) is 4.47 Å². The van der Waals surface area contributed by atoms with Crippen molar-refractivity contribution in [3.05, 3.63) is 63.1 Å². The Bertz CT molecular complexity index is 795. The lowest BCUT2D eigenvalue weighted by molar-refractivity contribution is -0.112. The number of rotatable bonds is 4. The van der Waals surface area contributed by atoms with E-state index in [1.165, 1.54) is 13.2 Å². The smallest absolute Gasteiger partial charge is 0.266 e. The molecular weight excluding hydrogens is 380 g/mol. The van der Waals surface area contributed by atoms with E-state index in [1.54, 1.807) is 42.5 Å². The molecule has 0 aliphatic heterocycles. The van der Waals surface area contributed by atoms with Crippen molar-refractivity contribution >= 4 is 45.2 Å². The summed E-state index contributed by atoms with van der Waals surface area (Å²) in [6.45, 7) is 0. The normalized spacial score (nSPS) is 10.8. The molecule has 0 aliphatic carbocycles. The fraction of sp³-hybridized carbons (Fsp3) is 0.0588. The second-order valence-electron chi connectivity index (χ2n) is 4.52. The van der Waals surface area contributed by atoms with Gasteiger partial charge in [-0.3, -0.25) is 4.79 Å². The molecule has 2 rings (SSSR count). The molecule has 0 fully saturated rings. The van der Waals surface area contributed by atoms with Gasteiger partial charge in [0, 0.05) is 10.2 Å². The van der Waals surface area contributed by atoms with Crippen LogP contribution in [-0.4, -0.2) is 13.0 Å².